The fourth-order valence-electron chi connectivity index (χ4n) is 2.73. The van der Waals surface area contributed by atoms with Crippen molar-refractivity contribution >= 4 is 5.91 Å². The van der Waals surface area contributed by atoms with Gasteiger partial charge in [-0.25, -0.2) is 0 Å². The molecule has 1 saturated heterocycles. The molecule has 1 amide bonds. The van der Waals surface area contributed by atoms with Gasteiger partial charge in [0, 0.05) is 39.3 Å². The minimum Gasteiger partial charge on any atom is -0.382 e. The van der Waals surface area contributed by atoms with Crippen LogP contribution in [0.5, 0.6) is 0 Å². The molecule has 0 bridgehead atoms. The maximum absolute atomic E-state index is 12.2. The van der Waals surface area contributed by atoms with Gasteiger partial charge < -0.3 is 20.3 Å². The van der Waals surface area contributed by atoms with Crippen molar-refractivity contribution in [1.29, 1.82) is 0 Å². The average Bonchev–Trinajstić information content (AvgIpc) is 2.74. The molecule has 1 heterocycles. The highest BCUT2D eigenvalue weighted by molar-refractivity contribution is 5.76. The van der Waals surface area contributed by atoms with Crippen molar-refractivity contribution in [2.45, 2.75) is 45.4 Å². The van der Waals surface area contributed by atoms with Crippen LogP contribution < -0.4 is 5.73 Å². The summed E-state index contributed by atoms with van der Waals surface area (Å²) in [6.45, 7) is 9.28. The van der Waals surface area contributed by atoms with Crippen LogP contribution in [-0.4, -0.2) is 68.2 Å². The Bertz CT molecular complexity index is 274. The Labute approximate surface area is 129 Å². The Morgan fingerprint density at radius 1 is 1.10 bits per heavy atom. The number of unbranched alkanes of at least 4 members (excludes halogenated alkanes) is 2. The molecule has 1 aliphatic heterocycles. The second-order valence-corrected chi connectivity index (χ2v) is 5.73. The summed E-state index contributed by atoms with van der Waals surface area (Å²) in [5.74, 6) is 0.291. The lowest BCUT2D eigenvalue weighted by Crippen LogP contribution is -2.35. The van der Waals surface area contributed by atoms with Crippen molar-refractivity contribution in [3.63, 3.8) is 0 Å². The number of nitrogens with zero attached hydrogens (tertiary/aromatic N) is 2. The first-order valence-electron chi connectivity index (χ1n) is 8.56. The van der Waals surface area contributed by atoms with E-state index in [1.165, 1.54) is 12.8 Å². The normalized spacial score (nSPS) is 17.0. The predicted molar refractivity (Wildman–Crippen MR) is 86.3 cm³/mol. The van der Waals surface area contributed by atoms with E-state index in [9.17, 15) is 4.79 Å². The van der Waals surface area contributed by atoms with Crippen LogP contribution in [0.15, 0.2) is 0 Å². The molecule has 2 N–H and O–H groups in total. The molecule has 0 aromatic heterocycles. The maximum Gasteiger partial charge on any atom is 0.222 e. The molecule has 5 nitrogen and oxygen atoms in total. The fraction of sp³-hybridized carbons (Fsp3) is 0.938. The Hall–Kier alpha value is -0.650. The SMILES string of the molecule is CCOCCCC(=O)N1CCCN(CCCCCN)CC1. The van der Waals surface area contributed by atoms with Gasteiger partial charge in [0.2, 0.25) is 5.91 Å². The van der Waals surface area contributed by atoms with Crippen LogP contribution in [0.3, 0.4) is 0 Å². The molecule has 21 heavy (non-hydrogen) atoms. The fourth-order valence-corrected chi connectivity index (χ4v) is 2.73. The summed E-state index contributed by atoms with van der Waals surface area (Å²) in [7, 11) is 0. The molecule has 1 aliphatic rings. The molecule has 0 spiro atoms. The van der Waals surface area contributed by atoms with Gasteiger partial charge in [0.1, 0.15) is 0 Å². The number of ether oxygens (including phenoxy) is 1. The average molecular weight is 299 g/mol. The van der Waals surface area contributed by atoms with Crippen molar-refractivity contribution in [2.24, 2.45) is 5.73 Å². The first-order chi connectivity index (χ1) is 10.3. The van der Waals surface area contributed by atoms with Gasteiger partial charge in [0.05, 0.1) is 0 Å². The zero-order valence-corrected chi connectivity index (χ0v) is 13.7. The lowest BCUT2D eigenvalue weighted by atomic mass is 10.2. The molecule has 0 atom stereocenters. The van der Waals surface area contributed by atoms with Crippen LogP contribution in [0.2, 0.25) is 0 Å². The summed E-state index contributed by atoms with van der Waals surface area (Å²) in [6.07, 6.45) is 6.11. The van der Waals surface area contributed by atoms with Gasteiger partial charge in [-0.05, 0) is 52.2 Å². The summed E-state index contributed by atoms with van der Waals surface area (Å²) in [5.41, 5.74) is 5.52. The molecule has 124 valence electrons. The topological polar surface area (TPSA) is 58.8 Å². The Balaban J connectivity index is 2.17. The lowest BCUT2D eigenvalue weighted by molar-refractivity contribution is -0.131. The highest BCUT2D eigenvalue weighted by Gasteiger charge is 2.18. The van der Waals surface area contributed by atoms with E-state index in [4.69, 9.17) is 10.5 Å². The summed E-state index contributed by atoms with van der Waals surface area (Å²) in [4.78, 5) is 16.7. The van der Waals surface area contributed by atoms with Gasteiger partial charge in [0.25, 0.3) is 0 Å². The van der Waals surface area contributed by atoms with E-state index in [-0.39, 0.29) is 0 Å². The van der Waals surface area contributed by atoms with Gasteiger partial charge in [-0.15, -0.1) is 0 Å². The Kier molecular flexibility index (Phi) is 10.5. The van der Waals surface area contributed by atoms with Crippen LogP contribution in [-0.2, 0) is 9.53 Å². The highest BCUT2D eigenvalue weighted by Crippen LogP contribution is 2.08. The molecule has 0 aromatic rings. The van der Waals surface area contributed by atoms with Crippen molar-refractivity contribution in [2.75, 3.05) is 52.5 Å². The van der Waals surface area contributed by atoms with Crippen molar-refractivity contribution in [1.82, 2.24) is 9.80 Å². The van der Waals surface area contributed by atoms with Gasteiger partial charge in [-0.2, -0.15) is 0 Å². The smallest absolute Gasteiger partial charge is 0.222 e. The molecule has 0 unspecified atom stereocenters. The summed E-state index contributed by atoms with van der Waals surface area (Å²) in [6, 6.07) is 0. The van der Waals surface area contributed by atoms with Crippen LogP contribution in [0, 0.1) is 0 Å². The van der Waals surface area contributed by atoms with Crippen molar-refractivity contribution in [3.05, 3.63) is 0 Å². The second-order valence-electron chi connectivity index (χ2n) is 5.73. The number of amides is 1. The number of carbonyl (C=O) groups excluding carboxylic acids is 1. The molecule has 0 aromatic carbocycles. The third-order valence-corrected chi connectivity index (χ3v) is 4.00. The second kappa shape index (κ2) is 12.0. The monoisotopic (exact) mass is 299 g/mol. The molecule has 1 fully saturated rings. The molecular weight excluding hydrogens is 266 g/mol. The van der Waals surface area contributed by atoms with Gasteiger partial charge >= 0.3 is 0 Å². The first kappa shape index (κ1) is 18.4. The summed E-state index contributed by atoms with van der Waals surface area (Å²) in [5, 5.41) is 0. The van der Waals surface area contributed by atoms with E-state index >= 15 is 0 Å². The first-order valence-corrected chi connectivity index (χ1v) is 8.56. The van der Waals surface area contributed by atoms with E-state index in [1.807, 2.05) is 11.8 Å². The molecule has 0 radical (unpaired) electrons. The molecule has 0 saturated carbocycles. The summed E-state index contributed by atoms with van der Waals surface area (Å²) < 4.78 is 5.29. The number of rotatable bonds is 10. The third kappa shape index (κ3) is 8.39. The van der Waals surface area contributed by atoms with Crippen LogP contribution in [0.1, 0.15) is 45.4 Å². The van der Waals surface area contributed by atoms with Crippen molar-refractivity contribution < 1.29 is 9.53 Å². The highest BCUT2D eigenvalue weighted by atomic mass is 16.5. The summed E-state index contributed by atoms with van der Waals surface area (Å²) >= 11 is 0. The van der Waals surface area contributed by atoms with Gasteiger partial charge in [0.15, 0.2) is 0 Å². The Morgan fingerprint density at radius 2 is 1.95 bits per heavy atom. The van der Waals surface area contributed by atoms with E-state index in [0.717, 1.165) is 65.1 Å². The minimum absolute atomic E-state index is 0.291. The lowest BCUT2D eigenvalue weighted by Gasteiger charge is -2.22. The third-order valence-electron chi connectivity index (χ3n) is 4.00. The molecule has 1 rings (SSSR count). The molecule has 0 aliphatic carbocycles. The zero-order valence-electron chi connectivity index (χ0n) is 13.7. The van der Waals surface area contributed by atoms with E-state index in [0.29, 0.717) is 18.9 Å². The van der Waals surface area contributed by atoms with E-state index in [2.05, 4.69) is 4.90 Å². The number of carbonyl (C=O) groups is 1. The molecular formula is C16H33N3O2. The van der Waals surface area contributed by atoms with Crippen LogP contribution in [0.25, 0.3) is 0 Å². The van der Waals surface area contributed by atoms with Crippen molar-refractivity contribution in [3.8, 4) is 0 Å². The van der Waals surface area contributed by atoms with Gasteiger partial charge in [-0.1, -0.05) is 6.42 Å². The zero-order chi connectivity index (χ0) is 15.3. The maximum atomic E-state index is 12.2. The Morgan fingerprint density at radius 3 is 2.71 bits per heavy atom. The van der Waals surface area contributed by atoms with Gasteiger partial charge in [-0.3, -0.25) is 4.79 Å². The number of nitrogens with two attached hydrogens (primary N) is 1. The number of hydrogen-bond acceptors (Lipinski definition) is 4. The minimum atomic E-state index is 0.291. The predicted octanol–water partition coefficient (Wildman–Crippen LogP) is 1.47. The number of hydrogen-bond donors (Lipinski definition) is 1. The van der Waals surface area contributed by atoms with E-state index < -0.39 is 0 Å². The van der Waals surface area contributed by atoms with Crippen LogP contribution in [0.4, 0.5) is 0 Å². The van der Waals surface area contributed by atoms with E-state index in [1.54, 1.807) is 0 Å². The standard InChI is InChI=1S/C16H33N3O2/c1-2-21-15-6-8-16(20)19-12-7-11-18(13-14-19)10-5-3-4-9-17/h2-15,17H2,1H3. The van der Waals surface area contributed by atoms with Crippen LogP contribution >= 0.6 is 0 Å². The quantitative estimate of drug-likeness (QED) is 0.621. The molecule has 5 heteroatoms. The largest absolute Gasteiger partial charge is 0.382 e.